The van der Waals surface area contributed by atoms with Crippen molar-refractivity contribution < 1.29 is 22.0 Å². The van der Waals surface area contributed by atoms with Gasteiger partial charge in [-0.15, -0.1) is 0 Å². The van der Waals surface area contributed by atoms with Crippen LogP contribution in [0.2, 0.25) is 0 Å². The summed E-state index contributed by atoms with van der Waals surface area (Å²) in [6.07, 6.45) is 2.59. The maximum Gasteiger partial charge on any atom is 0.229 e. The van der Waals surface area contributed by atoms with Gasteiger partial charge in [-0.25, -0.2) is 26.6 Å². The normalized spacial score (nSPS) is 18.7. The Morgan fingerprint density at radius 2 is 1.71 bits per heavy atom. The van der Waals surface area contributed by atoms with Crippen molar-refractivity contribution in [1.29, 1.82) is 0 Å². The van der Waals surface area contributed by atoms with Crippen LogP contribution in [0.1, 0.15) is 18.0 Å². The zero-order valence-electron chi connectivity index (χ0n) is 18.0. The highest BCUT2D eigenvalue weighted by atomic mass is 32.2. The molecule has 1 aliphatic rings. The first-order chi connectivity index (χ1) is 16.2. The summed E-state index contributed by atoms with van der Waals surface area (Å²) in [5.74, 6) is -1.12. The van der Waals surface area contributed by atoms with Gasteiger partial charge in [-0.3, -0.25) is 4.79 Å². The minimum Gasteiger partial charge on any atom is -0.303 e. The fraction of sp³-hybridized carbons (Fsp3) is 0.167. The summed E-state index contributed by atoms with van der Waals surface area (Å²) in [6, 6.07) is 15.5. The minimum atomic E-state index is -3.62. The molecule has 7 nitrogen and oxygen atoms in total. The van der Waals surface area contributed by atoms with Gasteiger partial charge in [0.25, 0.3) is 0 Å². The lowest BCUT2D eigenvalue weighted by molar-refractivity contribution is -0.117. The van der Waals surface area contributed by atoms with Gasteiger partial charge in [-0.05, 0) is 60.2 Å². The van der Waals surface area contributed by atoms with Crippen molar-refractivity contribution in [2.75, 3.05) is 11.2 Å². The van der Waals surface area contributed by atoms with Crippen molar-refractivity contribution in [3.8, 4) is 5.69 Å². The van der Waals surface area contributed by atoms with Gasteiger partial charge in [0.05, 0.1) is 35.7 Å². The molecule has 0 radical (unpaired) electrons. The molecule has 0 unspecified atom stereocenters. The van der Waals surface area contributed by atoms with E-state index in [-0.39, 0.29) is 18.1 Å². The Kier molecular flexibility index (Phi) is 5.41. The number of fused-ring (bicyclic) bond motifs is 1. The SMILES string of the molecule is CS(=O)(=O)N[C@H]1CC(=O)N(c2ccc3c(cnn3-c3ccc(F)cc3)c2)[C@@H]1c1cccc(F)c1. The molecule has 0 aliphatic carbocycles. The van der Waals surface area contributed by atoms with Crippen LogP contribution in [0.4, 0.5) is 14.5 Å². The van der Waals surface area contributed by atoms with Crippen LogP contribution in [0.3, 0.4) is 0 Å². The maximum absolute atomic E-state index is 14.0. The molecule has 0 saturated carbocycles. The summed E-state index contributed by atoms with van der Waals surface area (Å²) in [5, 5.41) is 5.11. The predicted molar refractivity (Wildman–Crippen MR) is 124 cm³/mol. The minimum absolute atomic E-state index is 0.0683. The molecule has 1 fully saturated rings. The molecule has 174 valence electrons. The van der Waals surface area contributed by atoms with Crippen molar-refractivity contribution >= 4 is 32.5 Å². The summed E-state index contributed by atoms with van der Waals surface area (Å²) < 4.78 is 55.4. The first-order valence-electron chi connectivity index (χ1n) is 10.5. The summed E-state index contributed by atoms with van der Waals surface area (Å²) in [4.78, 5) is 14.6. The van der Waals surface area contributed by atoms with Gasteiger partial charge in [-0.1, -0.05) is 12.1 Å². The van der Waals surface area contributed by atoms with Gasteiger partial charge in [0.2, 0.25) is 15.9 Å². The van der Waals surface area contributed by atoms with Gasteiger partial charge < -0.3 is 4.90 Å². The monoisotopic (exact) mass is 482 g/mol. The van der Waals surface area contributed by atoms with Crippen LogP contribution < -0.4 is 9.62 Å². The third-order valence-corrected chi connectivity index (χ3v) is 6.51. The summed E-state index contributed by atoms with van der Waals surface area (Å²) in [5.41, 5.74) is 2.43. The van der Waals surface area contributed by atoms with Crippen LogP contribution in [0.5, 0.6) is 0 Å². The Labute approximate surface area is 194 Å². The van der Waals surface area contributed by atoms with E-state index in [0.717, 1.165) is 17.2 Å². The molecule has 5 rings (SSSR count). The van der Waals surface area contributed by atoms with Crippen LogP contribution in [-0.2, 0) is 14.8 Å². The number of amides is 1. The van der Waals surface area contributed by atoms with Gasteiger partial charge in [0.15, 0.2) is 0 Å². The van der Waals surface area contributed by atoms with Crippen LogP contribution in [0, 0.1) is 11.6 Å². The smallest absolute Gasteiger partial charge is 0.229 e. The lowest BCUT2D eigenvalue weighted by Gasteiger charge is -2.29. The van der Waals surface area contributed by atoms with Crippen molar-refractivity contribution in [3.05, 3.63) is 90.1 Å². The van der Waals surface area contributed by atoms with E-state index >= 15 is 0 Å². The van der Waals surface area contributed by atoms with E-state index in [2.05, 4.69) is 9.82 Å². The summed E-state index contributed by atoms with van der Waals surface area (Å²) in [7, 11) is -3.62. The molecule has 2 atom stereocenters. The van der Waals surface area contributed by atoms with E-state index in [1.165, 1.54) is 35.2 Å². The number of nitrogens with zero attached hydrogens (tertiary/aromatic N) is 3. The van der Waals surface area contributed by atoms with Crippen molar-refractivity contribution in [2.45, 2.75) is 18.5 Å². The number of rotatable bonds is 5. The molecule has 1 aromatic heterocycles. The standard InChI is InChI=1S/C24H20F2N4O3S/c1-34(32,33)28-21-13-23(31)29(24(21)15-3-2-4-18(26)11-15)20-9-10-22-16(12-20)14-27-30(22)19-7-5-17(25)6-8-19/h2-12,14,21,24,28H,13H2,1H3/t21-,24+/m0/s1. The van der Waals surface area contributed by atoms with E-state index < -0.39 is 27.9 Å². The van der Waals surface area contributed by atoms with E-state index in [1.807, 2.05) is 0 Å². The number of halogens is 2. The fourth-order valence-corrected chi connectivity index (χ4v) is 5.21. The number of hydrogen-bond acceptors (Lipinski definition) is 4. The molecule has 34 heavy (non-hydrogen) atoms. The molecule has 4 aromatic rings. The number of carbonyl (C=O) groups is 1. The lowest BCUT2D eigenvalue weighted by atomic mass is 10.00. The Balaban J connectivity index is 1.58. The number of benzene rings is 3. The number of hydrogen-bond donors (Lipinski definition) is 1. The molecule has 1 aliphatic heterocycles. The molecule has 2 heterocycles. The fourth-order valence-electron chi connectivity index (χ4n) is 4.45. The van der Waals surface area contributed by atoms with Gasteiger partial charge >= 0.3 is 0 Å². The third kappa shape index (κ3) is 4.17. The Morgan fingerprint density at radius 3 is 2.41 bits per heavy atom. The van der Waals surface area contributed by atoms with Gasteiger partial charge in [-0.2, -0.15) is 5.10 Å². The van der Waals surface area contributed by atoms with Crippen molar-refractivity contribution in [1.82, 2.24) is 14.5 Å². The van der Waals surface area contributed by atoms with E-state index in [4.69, 9.17) is 0 Å². The van der Waals surface area contributed by atoms with Crippen molar-refractivity contribution in [2.24, 2.45) is 0 Å². The molecule has 1 N–H and O–H groups in total. The molecule has 1 amide bonds. The molecule has 10 heteroatoms. The van der Waals surface area contributed by atoms with Crippen LogP contribution in [-0.4, -0.2) is 36.4 Å². The largest absolute Gasteiger partial charge is 0.303 e. The predicted octanol–water partition coefficient (Wildman–Crippen LogP) is 3.70. The highest BCUT2D eigenvalue weighted by Crippen LogP contribution is 2.39. The number of sulfonamides is 1. The first kappa shape index (κ1) is 22.2. The Morgan fingerprint density at radius 1 is 0.971 bits per heavy atom. The number of anilines is 1. The van der Waals surface area contributed by atoms with Crippen LogP contribution in [0.15, 0.2) is 72.9 Å². The molecule has 0 bridgehead atoms. The van der Waals surface area contributed by atoms with Crippen molar-refractivity contribution in [3.63, 3.8) is 0 Å². The third-order valence-electron chi connectivity index (χ3n) is 5.78. The molecule has 3 aromatic carbocycles. The molecular formula is C24H20F2N4O3S. The average Bonchev–Trinajstić information content (AvgIpc) is 3.33. The van der Waals surface area contributed by atoms with Gasteiger partial charge in [0, 0.05) is 17.5 Å². The second-order valence-corrected chi connectivity index (χ2v) is 10.0. The first-order valence-corrected chi connectivity index (χ1v) is 12.4. The van der Waals surface area contributed by atoms with Crippen LogP contribution >= 0.6 is 0 Å². The summed E-state index contributed by atoms with van der Waals surface area (Å²) in [6.45, 7) is 0. The molecular weight excluding hydrogens is 462 g/mol. The molecule has 1 saturated heterocycles. The Hall–Kier alpha value is -3.63. The number of aromatic nitrogens is 2. The zero-order valence-corrected chi connectivity index (χ0v) is 18.8. The summed E-state index contributed by atoms with van der Waals surface area (Å²) >= 11 is 0. The highest BCUT2D eigenvalue weighted by Gasteiger charge is 2.43. The Bertz CT molecular complexity index is 1500. The zero-order chi connectivity index (χ0) is 24.0. The number of carbonyl (C=O) groups excluding carboxylic acids is 1. The van der Waals surface area contributed by atoms with E-state index in [9.17, 15) is 22.0 Å². The topological polar surface area (TPSA) is 84.3 Å². The van der Waals surface area contributed by atoms with E-state index in [1.54, 1.807) is 47.3 Å². The lowest BCUT2D eigenvalue weighted by Crippen LogP contribution is -2.39. The van der Waals surface area contributed by atoms with E-state index in [0.29, 0.717) is 16.9 Å². The number of nitrogens with one attached hydrogen (secondary N) is 1. The van der Waals surface area contributed by atoms with Crippen LogP contribution in [0.25, 0.3) is 16.6 Å². The van der Waals surface area contributed by atoms with Gasteiger partial charge in [0.1, 0.15) is 11.6 Å². The maximum atomic E-state index is 14.0. The highest BCUT2D eigenvalue weighted by molar-refractivity contribution is 7.88. The average molecular weight is 483 g/mol. The molecule has 0 spiro atoms. The quantitative estimate of drug-likeness (QED) is 0.470. The second-order valence-electron chi connectivity index (χ2n) is 8.24. The second kappa shape index (κ2) is 8.30.